The Morgan fingerprint density at radius 3 is 2.14 bits per heavy atom. The van der Waals surface area contributed by atoms with E-state index in [1.54, 1.807) is 30.3 Å². The smallest absolute Gasteiger partial charge is 0.389 e. The van der Waals surface area contributed by atoms with Crippen LogP contribution in [-0.4, -0.2) is 17.9 Å². The number of hydrogen-bond donors (Lipinski definition) is 1. The SMILES string of the molecule is OC[C@@H](CC(F)(F)F)c1ccccc1. The van der Waals surface area contributed by atoms with Crippen LogP contribution in [-0.2, 0) is 0 Å². The number of aliphatic hydroxyl groups is 1. The Morgan fingerprint density at radius 2 is 1.71 bits per heavy atom. The molecule has 0 aliphatic rings. The average Bonchev–Trinajstić information content (AvgIpc) is 2.14. The van der Waals surface area contributed by atoms with Gasteiger partial charge in [0.25, 0.3) is 0 Å². The second-order valence-corrected chi connectivity index (χ2v) is 3.11. The Balaban J connectivity index is 2.73. The third-order valence-electron chi connectivity index (χ3n) is 1.97. The first-order chi connectivity index (χ1) is 6.53. The van der Waals surface area contributed by atoms with Gasteiger partial charge in [0, 0.05) is 5.92 Å². The van der Waals surface area contributed by atoms with E-state index in [1.165, 1.54) is 0 Å². The number of benzene rings is 1. The van der Waals surface area contributed by atoms with Crippen molar-refractivity contribution in [2.24, 2.45) is 0 Å². The normalized spacial score (nSPS) is 14.0. The van der Waals surface area contributed by atoms with Crippen LogP contribution in [0.25, 0.3) is 0 Å². The number of rotatable bonds is 3. The summed E-state index contributed by atoms with van der Waals surface area (Å²) in [5.74, 6) is -0.851. The van der Waals surface area contributed by atoms with Crippen LogP contribution >= 0.6 is 0 Å². The molecule has 1 atom stereocenters. The first kappa shape index (κ1) is 11.0. The Morgan fingerprint density at radius 1 is 1.14 bits per heavy atom. The van der Waals surface area contributed by atoms with E-state index >= 15 is 0 Å². The predicted molar refractivity (Wildman–Crippen MR) is 46.9 cm³/mol. The lowest BCUT2D eigenvalue weighted by atomic mass is 9.96. The number of halogens is 3. The fraction of sp³-hybridized carbons (Fsp3) is 0.400. The summed E-state index contributed by atoms with van der Waals surface area (Å²) in [5.41, 5.74) is 0.521. The number of alkyl halides is 3. The van der Waals surface area contributed by atoms with Crippen LogP contribution in [0.5, 0.6) is 0 Å². The Bertz CT molecular complexity index is 268. The van der Waals surface area contributed by atoms with Crippen LogP contribution in [0.1, 0.15) is 17.9 Å². The van der Waals surface area contributed by atoms with Crippen molar-refractivity contribution in [2.75, 3.05) is 6.61 Å². The van der Waals surface area contributed by atoms with Crippen LogP contribution in [0, 0.1) is 0 Å². The van der Waals surface area contributed by atoms with Gasteiger partial charge in [-0.25, -0.2) is 0 Å². The van der Waals surface area contributed by atoms with Crippen molar-refractivity contribution >= 4 is 0 Å². The summed E-state index contributed by atoms with van der Waals surface area (Å²) in [5, 5.41) is 8.84. The van der Waals surface area contributed by atoms with Crippen LogP contribution in [0.15, 0.2) is 30.3 Å². The van der Waals surface area contributed by atoms with Crippen molar-refractivity contribution < 1.29 is 18.3 Å². The molecule has 0 heterocycles. The topological polar surface area (TPSA) is 20.2 Å². The monoisotopic (exact) mass is 204 g/mol. The van der Waals surface area contributed by atoms with Gasteiger partial charge in [0.05, 0.1) is 13.0 Å². The molecule has 0 saturated heterocycles. The molecule has 0 spiro atoms. The third kappa shape index (κ3) is 3.38. The summed E-state index contributed by atoms with van der Waals surface area (Å²) in [6, 6.07) is 8.23. The van der Waals surface area contributed by atoms with E-state index in [0.29, 0.717) is 5.56 Å². The minimum absolute atomic E-state index is 0.483. The molecule has 4 heteroatoms. The summed E-state index contributed by atoms with van der Waals surface area (Å²) < 4.78 is 36.2. The summed E-state index contributed by atoms with van der Waals surface area (Å²) >= 11 is 0. The Labute approximate surface area is 80.2 Å². The summed E-state index contributed by atoms with van der Waals surface area (Å²) in [6.45, 7) is -0.483. The maximum Gasteiger partial charge on any atom is 0.389 e. The van der Waals surface area contributed by atoms with Crippen molar-refractivity contribution in [1.82, 2.24) is 0 Å². The Kier molecular flexibility index (Phi) is 3.52. The lowest BCUT2D eigenvalue weighted by molar-refractivity contribution is -0.140. The second-order valence-electron chi connectivity index (χ2n) is 3.11. The largest absolute Gasteiger partial charge is 0.396 e. The second kappa shape index (κ2) is 4.46. The minimum atomic E-state index is -4.23. The Hall–Kier alpha value is -1.03. The summed E-state index contributed by atoms with van der Waals surface area (Å²) in [6.07, 6.45) is -5.21. The molecule has 0 aliphatic heterocycles. The van der Waals surface area contributed by atoms with Gasteiger partial charge in [-0.3, -0.25) is 0 Å². The molecule has 1 nitrogen and oxygen atoms in total. The lowest BCUT2D eigenvalue weighted by Gasteiger charge is -2.16. The highest BCUT2D eigenvalue weighted by Crippen LogP contribution is 2.30. The van der Waals surface area contributed by atoms with E-state index in [1.807, 2.05) is 0 Å². The average molecular weight is 204 g/mol. The molecule has 0 fully saturated rings. The molecule has 1 rings (SSSR count). The number of hydrogen-bond acceptors (Lipinski definition) is 1. The molecule has 0 saturated carbocycles. The highest BCUT2D eigenvalue weighted by Gasteiger charge is 2.32. The van der Waals surface area contributed by atoms with Crippen LogP contribution < -0.4 is 0 Å². The first-order valence-electron chi connectivity index (χ1n) is 4.25. The zero-order valence-electron chi connectivity index (χ0n) is 7.46. The fourth-order valence-electron chi connectivity index (χ4n) is 1.29. The van der Waals surface area contributed by atoms with Crippen molar-refractivity contribution in [3.05, 3.63) is 35.9 Å². The number of aliphatic hydroxyl groups excluding tert-OH is 1. The molecular formula is C10H11F3O. The molecule has 0 bridgehead atoms. The molecule has 0 aliphatic carbocycles. The molecule has 0 radical (unpaired) electrons. The van der Waals surface area contributed by atoms with Gasteiger partial charge in [-0.1, -0.05) is 30.3 Å². The van der Waals surface area contributed by atoms with E-state index in [9.17, 15) is 13.2 Å². The van der Waals surface area contributed by atoms with Crippen molar-refractivity contribution in [1.29, 1.82) is 0 Å². The van der Waals surface area contributed by atoms with Crippen LogP contribution in [0.3, 0.4) is 0 Å². The molecule has 1 aromatic carbocycles. The van der Waals surface area contributed by atoms with Crippen LogP contribution in [0.2, 0.25) is 0 Å². The van der Waals surface area contributed by atoms with E-state index < -0.39 is 25.1 Å². The summed E-state index contributed by atoms with van der Waals surface area (Å²) in [4.78, 5) is 0. The van der Waals surface area contributed by atoms with Gasteiger partial charge in [0.15, 0.2) is 0 Å². The van der Waals surface area contributed by atoms with Gasteiger partial charge in [0.2, 0.25) is 0 Å². The quantitative estimate of drug-likeness (QED) is 0.802. The maximum absolute atomic E-state index is 12.1. The van der Waals surface area contributed by atoms with Gasteiger partial charge in [-0.05, 0) is 5.56 Å². The first-order valence-corrected chi connectivity index (χ1v) is 4.25. The van der Waals surface area contributed by atoms with E-state index in [-0.39, 0.29) is 0 Å². The molecule has 0 amide bonds. The molecule has 1 aromatic rings. The maximum atomic E-state index is 12.1. The third-order valence-corrected chi connectivity index (χ3v) is 1.97. The minimum Gasteiger partial charge on any atom is -0.396 e. The zero-order chi connectivity index (χ0) is 10.6. The van der Waals surface area contributed by atoms with Crippen molar-refractivity contribution in [2.45, 2.75) is 18.5 Å². The molecule has 78 valence electrons. The highest BCUT2D eigenvalue weighted by molar-refractivity contribution is 5.19. The van der Waals surface area contributed by atoms with Gasteiger partial charge in [-0.15, -0.1) is 0 Å². The molecule has 0 aromatic heterocycles. The molecule has 1 N–H and O–H groups in total. The van der Waals surface area contributed by atoms with Gasteiger partial charge in [-0.2, -0.15) is 13.2 Å². The molecule has 14 heavy (non-hydrogen) atoms. The molecular weight excluding hydrogens is 193 g/mol. The van der Waals surface area contributed by atoms with Crippen molar-refractivity contribution in [3.63, 3.8) is 0 Å². The molecule has 0 unspecified atom stereocenters. The van der Waals surface area contributed by atoms with Gasteiger partial charge < -0.3 is 5.11 Å². The summed E-state index contributed by atoms with van der Waals surface area (Å²) in [7, 11) is 0. The fourth-order valence-corrected chi connectivity index (χ4v) is 1.29. The predicted octanol–water partition coefficient (Wildman–Crippen LogP) is 2.71. The zero-order valence-corrected chi connectivity index (χ0v) is 7.46. The van der Waals surface area contributed by atoms with E-state index in [4.69, 9.17) is 5.11 Å². The van der Waals surface area contributed by atoms with Crippen LogP contribution in [0.4, 0.5) is 13.2 Å². The lowest BCUT2D eigenvalue weighted by Crippen LogP contribution is -2.16. The van der Waals surface area contributed by atoms with Crippen molar-refractivity contribution in [3.8, 4) is 0 Å². The van der Waals surface area contributed by atoms with Gasteiger partial charge >= 0.3 is 6.18 Å². The highest BCUT2D eigenvalue weighted by atomic mass is 19.4. The van der Waals surface area contributed by atoms with Gasteiger partial charge in [0.1, 0.15) is 0 Å². The standard InChI is InChI=1S/C10H11F3O/c11-10(12,13)6-9(7-14)8-4-2-1-3-5-8/h1-5,9,14H,6-7H2/t9-/m1/s1. The van der Waals surface area contributed by atoms with E-state index in [2.05, 4.69) is 0 Å². The van der Waals surface area contributed by atoms with E-state index in [0.717, 1.165) is 0 Å².